The van der Waals surface area contributed by atoms with Gasteiger partial charge >= 0.3 is 0 Å². The second-order valence-electron chi connectivity index (χ2n) is 4.77. The van der Waals surface area contributed by atoms with Gasteiger partial charge in [-0.15, -0.1) is 0 Å². The second kappa shape index (κ2) is 6.04. The molecule has 0 bridgehead atoms. The molecule has 112 valence electrons. The van der Waals surface area contributed by atoms with Crippen LogP contribution >= 0.6 is 11.6 Å². The third-order valence-corrected chi connectivity index (χ3v) is 5.17. The first-order chi connectivity index (χ1) is 10.6. The number of aromatic nitrogens is 1. The highest BCUT2D eigenvalue weighted by Gasteiger charge is 2.17. The number of sulfonamides is 1. The van der Waals surface area contributed by atoms with E-state index in [-0.39, 0.29) is 11.4 Å². The lowest BCUT2D eigenvalue weighted by Crippen LogP contribution is -2.23. The van der Waals surface area contributed by atoms with Crippen molar-refractivity contribution in [2.45, 2.75) is 11.4 Å². The fourth-order valence-electron chi connectivity index (χ4n) is 2.22. The number of nitrogens with one attached hydrogen (secondary N) is 1. The molecular formula is C16H13ClN2O2S. The average molecular weight is 333 g/mol. The van der Waals surface area contributed by atoms with Crippen molar-refractivity contribution in [2.24, 2.45) is 0 Å². The molecule has 0 aliphatic carbocycles. The zero-order valence-corrected chi connectivity index (χ0v) is 13.1. The second-order valence-corrected chi connectivity index (χ2v) is 6.91. The van der Waals surface area contributed by atoms with E-state index < -0.39 is 10.0 Å². The molecule has 3 rings (SSSR count). The Morgan fingerprint density at radius 2 is 1.86 bits per heavy atom. The molecule has 0 aliphatic heterocycles. The highest BCUT2D eigenvalue weighted by atomic mass is 35.5. The largest absolute Gasteiger partial charge is 0.264 e. The van der Waals surface area contributed by atoms with Crippen molar-refractivity contribution in [3.8, 4) is 0 Å². The van der Waals surface area contributed by atoms with Crippen molar-refractivity contribution in [1.29, 1.82) is 0 Å². The number of nitrogens with zero attached hydrogens (tertiary/aromatic N) is 1. The van der Waals surface area contributed by atoms with E-state index in [9.17, 15) is 8.42 Å². The van der Waals surface area contributed by atoms with E-state index in [1.807, 2.05) is 12.1 Å². The minimum absolute atomic E-state index is 0.142. The quantitative estimate of drug-likeness (QED) is 0.797. The zero-order valence-electron chi connectivity index (χ0n) is 11.5. The van der Waals surface area contributed by atoms with Crippen LogP contribution in [0.5, 0.6) is 0 Å². The summed E-state index contributed by atoms with van der Waals surface area (Å²) in [6.07, 6.45) is 3.22. The van der Waals surface area contributed by atoms with Gasteiger partial charge in [-0.3, -0.25) is 4.98 Å². The monoisotopic (exact) mass is 332 g/mol. The molecule has 0 aliphatic rings. The van der Waals surface area contributed by atoms with Gasteiger partial charge in [0.1, 0.15) is 0 Å². The summed E-state index contributed by atoms with van der Waals surface area (Å²) in [4.78, 5) is 4.24. The number of benzene rings is 2. The van der Waals surface area contributed by atoms with Crippen LogP contribution in [0.1, 0.15) is 5.56 Å². The summed E-state index contributed by atoms with van der Waals surface area (Å²) in [5, 5.41) is 1.96. The van der Waals surface area contributed by atoms with Gasteiger partial charge in [-0.05, 0) is 23.8 Å². The lowest BCUT2D eigenvalue weighted by Gasteiger charge is -2.10. The van der Waals surface area contributed by atoms with E-state index in [1.54, 1.807) is 48.8 Å². The van der Waals surface area contributed by atoms with E-state index in [1.165, 1.54) is 0 Å². The maximum absolute atomic E-state index is 12.6. The predicted octanol–water partition coefficient (Wildman–Crippen LogP) is 3.37. The highest BCUT2D eigenvalue weighted by Crippen LogP contribution is 2.22. The van der Waals surface area contributed by atoms with Crippen molar-refractivity contribution in [2.75, 3.05) is 0 Å². The SMILES string of the molecule is O=S(=O)(NCc1ccccc1Cl)c1cccc2cnccc12. The number of fused-ring (bicyclic) bond motifs is 1. The first-order valence-electron chi connectivity index (χ1n) is 6.64. The minimum atomic E-state index is -3.64. The maximum atomic E-state index is 12.6. The first-order valence-corrected chi connectivity index (χ1v) is 8.50. The Morgan fingerprint density at radius 3 is 2.68 bits per heavy atom. The fraction of sp³-hybridized carbons (Fsp3) is 0.0625. The summed E-state index contributed by atoms with van der Waals surface area (Å²) in [6, 6.07) is 13.9. The molecule has 6 heteroatoms. The molecule has 4 nitrogen and oxygen atoms in total. The summed E-state index contributed by atoms with van der Waals surface area (Å²) in [7, 11) is -3.64. The Morgan fingerprint density at radius 1 is 1.05 bits per heavy atom. The Hall–Kier alpha value is -1.95. The van der Waals surface area contributed by atoms with Crippen LogP contribution in [-0.4, -0.2) is 13.4 Å². The minimum Gasteiger partial charge on any atom is -0.264 e. The standard InChI is InChI=1S/C16H13ClN2O2S/c17-15-6-2-1-4-13(15)11-19-22(20,21)16-7-3-5-12-10-18-9-8-14(12)16/h1-10,19H,11H2. The summed E-state index contributed by atoms with van der Waals surface area (Å²) in [5.41, 5.74) is 0.731. The lowest BCUT2D eigenvalue weighted by molar-refractivity contribution is 0.582. The van der Waals surface area contributed by atoms with E-state index in [0.29, 0.717) is 10.4 Å². The molecule has 1 heterocycles. The van der Waals surface area contributed by atoms with Gasteiger partial charge in [0.05, 0.1) is 4.90 Å². The molecule has 0 fully saturated rings. The van der Waals surface area contributed by atoms with E-state index >= 15 is 0 Å². The van der Waals surface area contributed by atoms with Gasteiger partial charge in [-0.25, -0.2) is 13.1 Å². The van der Waals surface area contributed by atoms with E-state index in [4.69, 9.17) is 11.6 Å². The maximum Gasteiger partial charge on any atom is 0.241 e. The van der Waals surface area contributed by atoms with Crippen LogP contribution in [0.25, 0.3) is 10.8 Å². The first kappa shape index (κ1) is 15.0. The normalized spacial score (nSPS) is 11.7. The summed E-state index contributed by atoms with van der Waals surface area (Å²) >= 11 is 6.05. The molecule has 1 N–H and O–H groups in total. The molecule has 0 saturated heterocycles. The number of halogens is 1. The van der Waals surface area contributed by atoms with Gasteiger partial charge in [-0.2, -0.15) is 0 Å². The molecule has 0 saturated carbocycles. The van der Waals surface area contributed by atoms with Crippen molar-refractivity contribution in [1.82, 2.24) is 9.71 Å². The van der Waals surface area contributed by atoms with Crippen LogP contribution in [0, 0.1) is 0 Å². The predicted molar refractivity (Wildman–Crippen MR) is 87.2 cm³/mol. The van der Waals surface area contributed by atoms with E-state index in [2.05, 4.69) is 9.71 Å². The molecule has 0 radical (unpaired) electrons. The molecular weight excluding hydrogens is 320 g/mol. The Balaban J connectivity index is 1.94. The van der Waals surface area contributed by atoms with Gasteiger partial charge in [0.25, 0.3) is 0 Å². The van der Waals surface area contributed by atoms with Crippen LogP contribution in [0.3, 0.4) is 0 Å². The van der Waals surface area contributed by atoms with Gasteiger partial charge in [-0.1, -0.05) is 41.9 Å². The molecule has 0 amide bonds. The van der Waals surface area contributed by atoms with Gasteiger partial charge in [0.2, 0.25) is 10.0 Å². The third-order valence-electron chi connectivity index (χ3n) is 3.34. The van der Waals surface area contributed by atoms with Crippen molar-refractivity contribution in [3.05, 3.63) is 71.5 Å². The summed E-state index contributed by atoms with van der Waals surface area (Å²) in [5.74, 6) is 0. The van der Waals surface area contributed by atoms with Crippen LogP contribution in [-0.2, 0) is 16.6 Å². The number of hydrogen-bond acceptors (Lipinski definition) is 3. The molecule has 2 aromatic carbocycles. The van der Waals surface area contributed by atoms with E-state index in [0.717, 1.165) is 10.9 Å². The van der Waals surface area contributed by atoms with Crippen molar-refractivity contribution in [3.63, 3.8) is 0 Å². The van der Waals surface area contributed by atoms with Crippen LogP contribution in [0.4, 0.5) is 0 Å². The number of hydrogen-bond donors (Lipinski definition) is 1. The van der Waals surface area contributed by atoms with Crippen LogP contribution in [0.15, 0.2) is 65.8 Å². The molecule has 3 aromatic rings. The summed E-state index contributed by atoms with van der Waals surface area (Å²) in [6.45, 7) is 0.142. The molecule has 0 spiro atoms. The molecule has 0 atom stereocenters. The highest BCUT2D eigenvalue weighted by molar-refractivity contribution is 7.89. The lowest BCUT2D eigenvalue weighted by atomic mass is 10.2. The van der Waals surface area contributed by atoms with Crippen LogP contribution < -0.4 is 4.72 Å². The number of pyridine rings is 1. The smallest absolute Gasteiger partial charge is 0.241 e. The van der Waals surface area contributed by atoms with Gasteiger partial charge < -0.3 is 0 Å². The van der Waals surface area contributed by atoms with Crippen LogP contribution in [0.2, 0.25) is 5.02 Å². The fourth-order valence-corrected chi connectivity index (χ4v) is 3.66. The Bertz CT molecular complexity index is 921. The Labute approximate surface area is 133 Å². The van der Waals surface area contributed by atoms with Crippen molar-refractivity contribution < 1.29 is 8.42 Å². The topological polar surface area (TPSA) is 59.1 Å². The molecule has 22 heavy (non-hydrogen) atoms. The molecule has 0 unspecified atom stereocenters. The van der Waals surface area contributed by atoms with Gasteiger partial charge in [0, 0.05) is 34.7 Å². The third kappa shape index (κ3) is 2.97. The zero-order chi connectivity index (χ0) is 15.6. The van der Waals surface area contributed by atoms with Gasteiger partial charge in [0.15, 0.2) is 0 Å². The van der Waals surface area contributed by atoms with Crippen molar-refractivity contribution >= 4 is 32.4 Å². The Kier molecular flexibility index (Phi) is 4.11. The average Bonchev–Trinajstić information content (AvgIpc) is 2.53. The summed E-state index contributed by atoms with van der Waals surface area (Å²) < 4.78 is 27.7. The molecule has 1 aromatic heterocycles. The number of rotatable bonds is 4.